The Morgan fingerprint density at radius 3 is 2.56 bits per heavy atom. The van der Waals surface area contributed by atoms with Gasteiger partial charge in [-0.2, -0.15) is 5.10 Å². The number of likely N-dealkylation sites (tertiary alicyclic amines) is 1. The van der Waals surface area contributed by atoms with Crippen molar-refractivity contribution < 1.29 is 5.11 Å². The van der Waals surface area contributed by atoms with E-state index in [0.717, 1.165) is 51.4 Å². The van der Waals surface area contributed by atoms with Crippen LogP contribution < -0.4 is 0 Å². The normalized spacial score (nSPS) is 20.3. The highest BCUT2D eigenvalue weighted by Crippen LogP contribution is 2.23. The number of aromatic nitrogens is 2. The number of fused-ring (bicyclic) bond motifs is 1. The predicted molar refractivity (Wildman–Crippen MR) is 98.6 cm³/mol. The van der Waals surface area contributed by atoms with Crippen LogP contribution in [0.5, 0.6) is 0 Å². The van der Waals surface area contributed by atoms with Crippen molar-refractivity contribution in [1.29, 1.82) is 0 Å². The molecule has 2 aromatic rings. The average molecular weight is 340 g/mol. The second-order valence-electron chi connectivity index (χ2n) is 7.65. The number of aliphatic hydroxyl groups is 1. The molecule has 4 rings (SSSR count). The first-order chi connectivity index (χ1) is 12.1. The lowest BCUT2D eigenvalue weighted by atomic mass is 9.99. The van der Waals surface area contributed by atoms with E-state index >= 15 is 0 Å². The Hall–Kier alpha value is -1.69. The maximum atomic E-state index is 10.5. The summed E-state index contributed by atoms with van der Waals surface area (Å²) in [6.07, 6.45) is 0.804. The highest BCUT2D eigenvalue weighted by Gasteiger charge is 2.31. The van der Waals surface area contributed by atoms with E-state index in [1.807, 2.05) is 6.92 Å². The number of hydrogen-bond acceptors (Lipinski definition) is 4. The van der Waals surface area contributed by atoms with Crippen LogP contribution in [0.4, 0.5) is 0 Å². The molecule has 1 atom stereocenters. The van der Waals surface area contributed by atoms with E-state index in [2.05, 4.69) is 56.8 Å². The summed E-state index contributed by atoms with van der Waals surface area (Å²) < 4.78 is 2.14. The first kappa shape index (κ1) is 16.8. The minimum Gasteiger partial charge on any atom is -0.390 e. The number of aliphatic hydroxyl groups excluding tert-OH is 1. The van der Waals surface area contributed by atoms with Gasteiger partial charge in [-0.1, -0.05) is 24.3 Å². The quantitative estimate of drug-likeness (QED) is 0.901. The van der Waals surface area contributed by atoms with Crippen molar-refractivity contribution in [2.45, 2.75) is 39.0 Å². The van der Waals surface area contributed by atoms with Crippen LogP contribution in [-0.2, 0) is 13.0 Å². The number of benzene rings is 1. The van der Waals surface area contributed by atoms with Gasteiger partial charge in [0.05, 0.1) is 17.8 Å². The molecule has 1 aromatic heterocycles. The summed E-state index contributed by atoms with van der Waals surface area (Å²) in [4.78, 5) is 4.72. The molecule has 2 aliphatic rings. The van der Waals surface area contributed by atoms with Gasteiger partial charge in [-0.25, -0.2) is 0 Å². The Morgan fingerprint density at radius 2 is 1.84 bits per heavy atom. The lowest BCUT2D eigenvalue weighted by molar-refractivity contribution is 0.0217. The van der Waals surface area contributed by atoms with Gasteiger partial charge in [0, 0.05) is 45.0 Å². The fourth-order valence-corrected chi connectivity index (χ4v) is 4.23. The Kier molecular flexibility index (Phi) is 4.63. The molecule has 134 valence electrons. The van der Waals surface area contributed by atoms with Crippen LogP contribution >= 0.6 is 0 Å². The third kappa shape index (κ3) is 3.64. The van der Waals surface area contributed by atoms with Crippen molar-refractivity contribution in [3.63, 3.8) is 0 Å². The molecule has 0 saturated carbocycles. The zero-order valence-electron chi connectivity index (χ0n) is 15.2. The first-order valence-electron chi connectivity index (χ1n) is 9.31. The summed E-state index contributed by atoms with van der Waals surface area (Å²) in [5.41, 5.74) is 5.19. The number of rotatable bonds is 5. The molecule has 3 heterocycles. The Morgan fingerprint density at radius 1 is 1.12 bits per heavy atom. The summed E-state index contributed by atoms with van der Waals surface area (Å²) in [6, 6.07) is 11.3. The van der Waals surface area contributed by atoms with Crippen molar-refractivity contribution in [1.82, 2.24) is 19.6 Å². The molecule has 1 saturated heterocycles. The molecule has 1 fully saturated rings. The summed E-state index contributed by atoms with van der Waals surface area (Å²) in [5.74, 6) is 0. The van der Waals surface area contributed by atoms with Crippen molar-refractivity contribution in [2.75, 3.05) is 32.7 Å². The Bertz CT molecular complexity index is 735. The fraction of sp³-hybridized carbons (Fsp3) is 0.550. The molecular formula is C20H28N4O. The van der Waals surface area contributed by atoms with Gasteiger partial charge >= 0.3 is 0 Å². The van der Waals surface area contributed by atoms with E-state index < -0.39 is 0 Å². The molecule has 5 nitrogen and oxygen atoms in total. The van der Waals surface area contributed by atoms with E-state index in [-0.39, 0.29) is 6.10 Å². The van der Waals surface area contributed by atoms with Crippen LogP contribution in [0, 0.1) is 13.8 Å². The van der Waals surface area contributed by atoms with Gasteiger partial charge in [0.25, 0.3) is 0 Å². The van der Waals surface area contributed by atoms with Gasteiger partial charge in [-0.15, -0.1) is 0 Å². The standard InChI is InChI=1S/C20H28N4O/c1-15-9-16(2)24(21-15)19-11-23(12-19)14-20(25)13-22-8-7-17-5-3-4-6-18(17)10-22/h3-6,9,19-20,25H,7-8,10-14H2,1-2H3/t20-/m0/s1. The molecule has 0 aliphatic carbocycles. The maximum Gasteiger partial charge on any atom is 0.0793 e. The molecule has 0 amide bonds. The van der Waals surface area contributed by atoms with Crippen LogP contribution in [-0.4, -0.2) is 63.5 Å². The van der Waals surface area contributed by atoms with E-state index in [1.54, 1.807) is 0 Å². The van der Waals surface area contributed by atoms with Crippen molar-refractivity contribution in [3.8, 4) is 0 Å². The summed E-state index contributed by atoms with van der Waals surface area (Å²) in [5, 5.41) is 15.1. The zero-order valence-corrected chi connectivity index (χ0v) is 15.2. The minimum absolute atomic E-state index is 0.285. The first-order valence-corrected chi connectivity index (χ1v) is 9.31. The predicted octanol–water partition coefficient (Wildman–Crippen LogP) is 1.78. The number of nitrogens with zero attached hydrogens (tertiary/aromatic N) is 4. The summed E-state index contributed by atoms with van der Waals surface area (Å²) >= 11 is 0. The average Bonchev–Trinajstić information content (AvgIpc) is 2.88. The van der Waals surface area contributed by atoms with Gasteiger partial charge in [0.1, 0.15) is 0 Å². The van der Waals surface area contributed by atoms with Gasteiger partial charge in [0.2, 0.25) is 0 Å². The molecule has 25 heavy (non-hydrogen) atoms. The summed E-state index contributed by atoms with van der Waals surface area (Å²) in [6.45, 7) is 9.66. The monoisotopic (exact) mass is 340 g/mol. The van der Waals surface area contributed by atoms with Crippen LogP contribution in [0.3, 0.4) is 0 Å². The third-order valence-electron chi connectivity index (χ3n) is 5.48. The van der Waals surface area contributed by atoms with Crippen LogP contribution in [0.25, 0.3) is 0 Å². The van der Waals surface area contributed by atoms with Gasteiger partial charge in [-0.05, 0) is 37.5 Å². The molecule has 1 N–H and O–H groups in total. The lowest BCUT2D eigenvalue weighted by Crippen LogP contribution is -2.52. The maximum absolute atomic E-state index is 10.5. The van der Waals surface area contributed by atoms with E-state index in [4.69, 9.17) is 0 Å². The SMILES string of the molecule is Cc1cc(C)n(C2CN(C[C@@H](O)CN3CCc4ccccc4C3)C2)n1. The second-order valence-corrected chi connectivity index (χ2v) is 7.65. The largest absolute Gasteiger partial charge is 0.390 e. The molecular weight excluding hydrogens is 312 g/mol. The molecule has 0 radical (unpaired) electrons. The smallest absolute Gasteiger partial charge is 0.0793 e. The molecule has 0 unspecified atom stereocenters. The van der Waals surface area contributed by atoms with Gasteiger partial charge < -0.3 is 5.11 Å². The molecule has 0 bridgehead atoms. The molecule has 0 spiro atoms. The minimum atomic E-state index is -0.285. The molecule has 2 aliphatic heterocycles. The molecule has 1 aromatic carbocycles. The summed E-state index contributed by atoms with van der Waals surface area (Å²) in [7, 11) is 0. The number of hydrogen-bond donors (Lipinski definition) is 1. The third-order valence-corrected chi connectivity index (χ3v) is 5.48. The number of β-amino-alcohol motifs (C(OH)–C–C–N with tert-alkyl or cyclic N) is 1. The van der Waals surface area contributed by atoms with E-state index in [0.29, 0.717) is 6.04 Å². The van der Waals surface area contributed by atoms with E-state index in [9.17, 15) is 5.11 Å². The zero-order chi connectivity index (χ0) is 17.4. The molecule has 5 heteroatoms. The van der Waals surface area contributed by atoms with Crippen LogP contribution in [0.2, 0.25) is 0 Å². The van der Waals surface area contributed by atoms with Crippen molar-refractivity contribution in [3.05, 3.63) is 52.8 Å². The Labute approximate surface area is 149 Å². The van der Waals surface area contributed by atoms with E-state index in [1.165, 1.54) is 16.8 Å². The highest BCUT2D eigenvalue weighted by molar-refractivity contribution is 5.29. The topological polar surface area (TPSA) is 44.5 Å². The Balaban J connectivity index is 1.24. The van der Waals surface area contributed by atoms with Crippen molar-refractivity contribution >= 4 is 0 Å². The fourth-order valence-electron chi connectivity index (χ4n) is 4.23. The second kappa shape index (κ2) is 6.90. The van der Waals surface area contributed by atoms with Gasteiger partial charge in [-0.3, -0.25) is 14.5 Å². The van der Waals surface area contributed by atoms with Crippen LogP contribution in [0.1, 0.15) is 28.6 Å². The van der Waals surface area contributed by atoms with Crippen molar-refractivity contribution in [2.24, 2.45) is 0 Å². The number of aryl methyl sites for hydroxylation is 2. The lowest BCUT2D eigenvalue weighted by Gasteiger charge is -2.41. The van der Waals surface area contributed by atoms with Crippen LogP contribution in [0.15, 0.2) is 30.3 Å². The van der Waals surface area contributed by atoms with Gasteiger partial charge in [0.15, 0.2) is 0 Å². The highest BCUT2D eigenvalue weighted by atomic mass is 16.3.